The molecule has 0 bridgehead atoms. The predicted molar refractivity (Wildman–Crippen MR) is 118 cm³/mol. The molecular formula is C22H23N3O5S. The Kier molecular flexibility index (Phi) is 6.96. The maximum atomic E-state index is 13.1. The molecular weight excluding hydrogens is 418 g/mol. The number of H-pyrrole nitrogens is 1. The van der Waals surface area contributed by atoms with Gasteiger partial charge in [0.25, 0.3) is 5.56 Å². The molecule has 1 aliphatic heterocycles. The van der Waals surface area contributed by atoms with Gasteiger partial charge in [-0.1, -0.05) is 30.0 Å². The molecule has 0 aliphatic carbocycles. The second-order valence-electron chi connectivity index (χ2n) is 6.66. The van der Waals surface area contributed by atoms with Crippen molar-refractivity contribution in [1.29, 1.82) is 0 Å². The van der Waals surface area contributed by atoms with Crippen LogP contribution in [0.3, 0.4) is 0 Å². The summed E-state index contributed by atoms with van der Waals surface area (Å²) in [5.41, 5.74) is 1.83. The van der Waals surface area contributed by atoms with Gasteiger partial charge >= 0.3 is 11.9 Å². The monoisotopic (exact) mass is 441 g/mol. The van der Waals surface area contributed by atoms with Gasteiger partial charge in [0.2, 0.25) is 0 Å². The normalized spacial score (nSPS) is 15.0. The number of aromatic amines is 1. The summed E-state index contributed by atoms with van der Waals surface area (Å²) in [6.07, 6.45) is 1.72. The molecule has 0 radical (unpaired) electrons. The first kappa shape index (κ1) is 22.4. The smallest absolute Gasteiger partial charge is 0.337 e. The topological polar surface area (TPSA) is 110 Å². The van der Waals surface area contributed by atoms with Crippen molar-refractivity contribution in [3.63, 3.8) is 0 Å². The van der Waals surface area contributed by atoms with E-state index in [1.54, 1.807) is 44.2 Å². The standard InChI is InChI=1S/C22H23N3O5S/c1-5-11-31-22-24-18-17(19(26)25-22)16(15(12(3)23-18)21(28)30-6-2)13-7-9-14(10-8-13)20(27)29-4/h5,7-10,16H,1,6,11H2,2-4H3,(H2,23,24,25,26). The van der Waals surface area contributed by atoms with Gasteiger partial charge in [-0.15, -0.1) is 6.58 Å². The van der Waals surface area contributed by atoms with Crippen molar-refractivity contribution in [3.8, 4) is 0 Å². The fourth-order valence-electron chi connectivity index (χ4n) is 3.38. The van der Waals surface area contributed by atoms with Gasteiger partial charge in [-0.3, -0.25) is 4.79 Å². The van der Waals surface area contributed by atoms with Crippen molar-refractivity contribution < 1.29 is 19.1 Å². The van der Waals surface area contributed by atoms with Crippen molar-refractivity contribution in [2.45, 2.75) is 24.9 Å². The first-order valence-electron chi connectivity index (χ1n) is 9.62. The third kappa shape index (κ3) is 4.56. The highest BCUT2D eigenvalue weighted by Gasteiger charge is 2.36. The van der Waals surface area contributed by atoms with Gasteiger partial charge in [0.15, 0.2) is 5.16 Å². The Labute approximate surface area is 183 Å². The van der Waals surface area contributed by atoms with Gasteiger partial charge in [0, 0.05) is 11.4 Å². The Balaban J connectivity index is 2.17. The number of benzene rings is 1. The van der Waals surface area contributed by atoms with E-state index in [1.165, 1.54) is 18.9 Å². The van der Waals surface area contributed by atoms with Gasteiger partial charge in [-0.05, 0) is 31.5 Å². The highest BCUT2D eigenvalue weighted by molar-refractivity contribution is 7.99. The van der Waals surface area contributed by atoms with Gasteiger partial charge < -0.3 is 19.8 Å². The number of hydrogen-bond acceptors (Lipinski definition) is 8. The zero-order chi connectivity index (χ0) is 22.5. The van der Waals surface area contributed by atoms with Crippen LogP contribution in [-0.2, 0) is 14.3 Å². The van der Waals surface area contributed by atoms with Crippen LogP contribution in [0.25, 0.3) is 0 Å². The number of ether oxygens (including phenoxy) is 2. The molecule has 2 aromatic rings. The Morgan fingerprint density at radius 3 is 2.58 bits per heavy atom. The Morgan fingerprint density at radius 2 is 1.97 bits per heavy atom. The van der Waals surface area contributed by atoms with Crippen molar-refractivity contribution in [2.24, 2.45) is 0 Å². The zero-order valence-electron chi connectivity index (χ0n) is 17.5. The van der Waals surface area contributed by atoms with Crippen LogP contribution in [0.2, 0.25) is 0 Å². The number of carbonyl (C=O) groups excluding carboxylic acids is 2. The van der Waals surface area contributed by atoms with E-state index in [1.807, 2.05) is 0 Å². The Hall–Kier alpha value is -3.33. The minimum atomic E-state index is -0.711. The molecule has 2 N–H and O–H groups in total. The van der Waals surface area contributed by atoms with Crippen LogP contribution in [0.5, 0.6) is 0 Å². The molecule has 3 rings (SSSR count). The molecule has 31 heavy (non-hydrogen) atoms. The van der Waals surface area contributed by atoms with Gasteiger partial charge in [0.05, 0.1) is 36.3 Å². The fraction of sp³-hybridized carbons (Fsp3) is 0.273. The molecule has 0 fully saturated rings. The summed E-state index contributed by atoms with van der Waals surface area (Å²) >= 11 is 1.34. The summed E-state index contributed by atoms with van der Waals surface area (Å²) in [5.74, 6) is -0.745. The summed E-state index contributed by atoms with van der Waals surface area (Å²) in [7, 11) is 1.30. The van der Waals surface area contributed by atoms with Crippen LogP contribution in [0.15, 0.2) is 58.1 Å². The lowest BCUT2D eigenvalue weighted by atomic mass is 9.82. The first-order valence-corrected chi connectivity index (χ1v) is 10.6. The number of nitrogens with one attached hydrogen (secondary N) is 2. The molecule has 1 atom stereocenters. The number of fused-ring (bicyclic) bond motifs is 1. The summed E-state index contributed by atoms with van der Waals surface area (Å²) < 4.78 is 10.00. The highest BCUT2D eigenvalue weighted by Crippen LogP contribution is 2.40. The molecule has 162 valence electrons. The molecule has 0 saturated heterocycles. The van der Waals surface area contributed by atoms with Crippen molar-refractivity contribution in [1.82, 2.24) is 9.97 Å². The maximum Gasteiger partial charge on any atom is 0.337 e. The van der Waals surface area contributed by atoms with E-state index >= 15 is 0 Å². The molecule has 1 aromatic carbocycles. The lowest BCUT2D eigenvalue weighted by molar-refractivity contribution is -0.138. The van der Waals surface area contributed by atoms with E-state index in [2.05, 4.69) is 21.9 Å². The van der Waals surface area contributed by atoms with E-state index in [0.29, 0.717) is 44.7 Å². The molecule has 1 aromatic heterocycles. The zero-order valence-corrected chi connectivity index (χ0v) is 18.3. The molecule has 1 aliphatic rings. The number of aromatic nitrogens is 2. The van der Waals surface area contributed by atoms with Crippen LogP contribution in [-0.4, -0.2) is 41.4 Å². The summed E-state index contributed by atoms with van der Waals surface area (Å²) in [6, 6.07) is 6.57. The second-order valence-corrected chi connectivity index (χ2v) is 7.67. The number of hydrogen-bond donors (Lipinski definition) is 2. The first-order chi connectivity index (χ1) is 14.9. The van der Waals surface area contributed by atoms with Crippen molar-refractivity contribution >= 4 is 29.5 Å². The summed E-state index contributed by atoms with van der Waals surface area (Å²) in [5, 5.41) is 3.53. The van der Waals surface area contributed by atoms with Crippen LogP contribution in [0, 0.1) is 0 Å². The minimum absolute atomic E-state index is 0.197. The molecule has 9 heteroatoms. The molecule has 8 nitrogen and oxygen atoms in total. The summed E-state index contributed by atoms with van der Waals surface area (Å²) in [6.45, 7) is 7.33. The average Bonchev–Trinajstić information content (AvgIpc) is 2.76. The van der Waals surface area contributed by atoms with Crippen molar-refractivity contribution in [2.75, 3.05) is 24.8 Å². The Morgan fingerprint density at radius 1 is 1.26 bits per heavy atom. The third-order valence-corrected chi connectivity index (χ3v) is 5.59. The van der Waals surface area contributed by atoms with Crippen molar-refractivity contribution in [3.05, 3.63) is 75.2 Å². The predicted octanol–water partition coefficient (Wildman–Crippen LogP) is 3.23. The number of methoxy groups -OCH3 is 1. The number of anilines is 1. The van der Waals surface area contributed by atoms with E-state index in [-0.39, 0.29) is 12.2 Å². The van der Waals surface area contributed by atoms with E-state index in [0.717, 1.165) is 0 Å². The van der Waals surface area contributed by atoms with Crippen LogP contribution < -0.4 is 10.9 Å². The molecule has 2 heterocycles. The number of rotatable bonds is 7. The van der Waals surface area contributed by atoms with Gasteiger partial charge in [0.1, 0.15) is 5.82 Å². The number of allylic oxidation sites excluding steroid dienone is 1. The molecule has 0 spiro atoms. The maximum absolute atomic E-state index is 13.1. The molecule has 0 amide bonds. The number of thioether (sulfide) groups is 1. The van der Waals surface area contributed by atoms with E-state index < -0.39 is 17.9 Å². The van der Waals surface area contributed by atoms with Crippen LogP contribution in [0.1, 0.15) is 41.3 Å². The third-order valence-electron chi connectivity index (χ3n) is 4.72. The van der Waals surface area contributed by atoms with Crippen LogP contribution in [0.4, 0.5) is 5.82 Å². The largest absolute Gasteiger partial charge is 0.465 e. The number of nitrogens with zero attached hydrogens (tertiary/aromatic N) is 1. The lowest BCUT2D eigenvalue weighted by Gasteiger charge is -2.28. The quantitative estimate of drug-likeness (QED) is 0.292. The van der Waals surface area contributed by atoms with Crippen LogP contribution >= 0.6 is 11.8 Å². The molecule has 1 unspecified atom stereocenters. The lowest BCUT2D eigenvalue weighted by Crippen LogP contribution is -2.31. The Bertz CT molecular complexity index is 1110. The highest BCUT2D eigenvalue weighted by atomic mass is 32.2. The van der Waals surface area contributed by atoms with E-state index in [9.17, 15) is 14.4 Å². The SMILES string of the molecule is C=CCSc1nc2c(c(=O)[nH]1)C(c1ccc(C(=O)OC)cc1)C(C(=O)OCC)=C(C)N2. The van der Waals surface area contributed by atoms with E-state index in [4.69, 9.17) is 9.47 Å². The fourth-order valence-corrected chi connectivity index (χ4v) is 3.98. The average molecular weight is 442 g/mol. The van der Waals surface area contributed by atoms with Gasteiger partial charge in [-0.25, -0.2) is 14.6 Å². The van der Waals surface area contributed by atoms with Gasteiger partial charge in [-0.2, -0.15) is 0 Å². The molecule has 0 saturated carbocycles. The number of carbonyl (C=O) groups is 2. The minimum Gasteiger partial charge on any atom is -0.465 e. The number of esters is 2. The second kappa shape index (κ2) is 9.65. The summed E-state index contributed by atoms with van der Waals surface area (Å²) in [4.78, 5) is 45.0.